The van der Waals surface area contributed by atoms with Gasteiger partial charge in [0.25, 0.3) is 0 Å². The topological polar surface area (TPSA) is 24.5 Å². The molecule has 1 aliphatic heterocycles. The fraction of sp³-hybridized carbons (Fsp3) is 0.765. The lowest BCUT2D eigenvalue weighted by Crippen LogP contribution is -2.52. The molecule has 0 radical (unpaired) electrons. The lowest BCUT2D eigenvalue weighted by Gasteiger charge is -2.35. The van der Waals surface area contributed by atoms with Crippen LogP contribution in [0, 0.1) is 0 Å². The van der Waals surface area contributed by atoms with Gasteiger partial charge >= 0.3 is 0 Å². The van der Waals surface area contributed by atoms with E-state index >= 15 is 0 Å². The fourth-order valence-electron chi connectivity index (χ4n) is 3.48. The standard InChI is InChI=1S/C17H30N2OS/c1-5-16(21-4)17(15-10-6-8-13(15)2)18-19-11-7-9-14(19)12-20-3/h6,8,14,16-18H,5,7,9-12H2,1-4H3. The normalized spacial score (nSPS) is 25.8. The SMILES string of the molecule is CCC(SC)C(NN1CCCC1COC)C1=C(C)C=CC1. The fourth-order valence-corrected chi connectivity index (χ4v) is 4.31. The van der Waals surface area contributed by atoms with Crippen molar-refractivity contribution in [3.63, 3.8) is 0 Å². The van der Waals surface area contributed by atoms with Gasteiger partial charge in [0.1, 0.15) is 0 Å². The first kappa shape index (κ1) is 17.1. The van der Waals surface area contributed by atoms with Crippen LogP contribution in [0.3, 0.4) is 0 Å². The maximum Gasteiger partial charge on any atom is 0.0632 e. The third-order valence-electron chi connectivity index (χ3n) is 4.71. The molecular weight excluding hydrogens is 280 g/mol. The molecule has 1 aliphatic carbocycles. The highest BCUT2D eigenvalue weighted by Gasteiger charge is 2.31. The largest absolute Gasteiger partial charge is 0.383 e. The van der Waals surface area contributed by atoms with Crippen molar-refractivity contribution >= 4 is 11.8 Å². The number of nitrogens with zero attached hydrogens (tertiary/aromatic N) is 1. The lowest BCUT2D eigenvalue weighted by atomic mass is 9.98. The van der Waals surface area contributed by atoms with Crippen molar-refractivity contribution in [3.8, 4) is 0 Å². The van der Waals surface area contributed by atoms with Crippen molar-refractivity contribution in [2.24, 2.45) is 0 Å². The van der Waals surface area contributed by atoms with Crippen molar-refractivity contribution in [1.82, 2.24) is 10.4 Å². The monoisotopic (exact) mass is 310 g/mol. The Labute approximate surface area is 134 Å². The Kier molecular flexibility index (Phi) is 6.80. The minimum atomic E-state index is 0.442. The maximum absolute atomic E-state index is 5.39. The van der Waals surface area contributed by atoms with Gasteiger partial charge in [-0.3, -0.25) is 0 Å². The number of hydrogen-bond acceptors (Lipinski definition) is 4. The van der Waals surface area contributed by atoms with Crippen LogP contribution in [0.2, 0.25) is 0 Å². The molecule has 3 nitrogen and oxygen atoms in total. The maximum atomic E-state index is 5.39. The number of allylic oxidation sites excluding steroid dienone is 3. The molecular formula is C17H30N2OS. The number of thioether (sulfide) groups is 1. The van der Waals surface area contributed by atoms with Gasteiger partial charge in [0, 0.05) is 24.9 Å². The molecule has 1 fully saturated rings. The number of ether oxygens (including phenoxy) is 1. The first-order valence-corrected chi connectivity index (χ1v) is 9.40. The number of hydrogen-bond donors (Lipinski definition) is 1. The third kappa shape index (κ3) is 4.13. The van der Waals surface area contributed by atoms with Gasteiger partial charge in [-0.1, -0.05) is 24.6 Å². The molecule has 3 unspecified atom stereocenters. The summed E-state index contributed by atoms with van der Waals surface area (Å²) in [5.74, 6) is 0. The van der Waals surface area contributed by atoms with Gasteiger partial charge in [-0.2, -0.15) is 11.8 Å². The van der Waals surface area contributed by atoms with Gasteiger partial charge in [-0.05, 0) is 44.4 Å². The Morgan fingerprint density at radius 1 is 1.52 bits per heavy atom. The predicted octanol–water partition coefficient (Wildman–Crippen LogP) is 3.39. The molecule has 1 N–H and O–H groups in total. The Morgan fingerprint density at radius 2 is 2.33 bits per heavy atom. The van der Waals surface area contributed by atoms with E-state index in [-0.39, 0.29) is 0 Å². The van der Waals surface area contributed by atoms with Crippen LogP contribution in [0.25, 0.3) is 0 Å². The summed E-state index contributed by atoms with van der Waals surface area (Å²) in [6.07, 6.45) is 11.6. The van der Waals surface area contributed by atoms with Gasteiger partial charge < -0.3 is 4.74 Å². The second-order valence-electron chi connectivity index (χ2n) is 6.05. The molecule has 0 aromatic rings. The molecule has 120 valence electrons. The van der Waals surface area contributed by atoms with Gasteiger partial charge in [-0.15, -0.1) is 0 Å². The summed E-state index contributed by atoms with van der Waals surface area (Å²) in [6.45, 7) is 6.50. The van der Waals surface area contributed by atoms with Crippen LogP contribution in [0.5, 0.6) is 0 Å². The predicted molar refractivity (Wildman–Crippen MR) is 92.6 cm³/mol. The van der Waals surface area contributed by atoms with E-state index in [1.54, 1.807) is 12.7 Å². The Balaban J connectivity index is 2.10. The zero-order valence-electron chi connectivity index (χ0n) is 13.9. The molecule has 1 saturated heterocycles. The molecule has 0 bridgehead atoms. The molecule has 0 aromatic carbocycles. The molecule has 4 heteroatoms. The summed E-state index contributed by atoms with van der Waals surface area (Å²) in [6, 6.07) is 0.963. The van der Waals surface area contributed by atoms with Crippen molar-refractivity contribution < 1.29 is 4.74 Å². The summed E-state index contributed by atoms with van der Waals surface area (Å²) in [4.78, 5) is 0. The quantitative estimate of drug-likeness (QED) is 0.743. The third-order valence-corrected chi connectivity index (χ3v) is 5.92. The van der Waals surface area contributed by atoms with Gasteiger partial charge in [-0.25, -0.2) is 10.4 Å². The summed E-state index contributed by atoms with van der Waals surface area (Å²) in [5.41, 5.74) is 6.88. The average molecular weight is 311 g/mol. The number of hydrazine groups is 1. The van der Waals surface area contributed by atoms with Gasteiger partial charge in [0.15, 0.2) is 0 Å². The lowest BCUT2D eigenvalue weighted by molar-refractivity contribution is 0.0745. The molecule has 3 atom stereocenters. The van der Waals surface area contributed by atoms with Crippen LogP contribution < -0.4 is 5.43 Å². The molecule has 2 aliphatic rings. The minimum Gasteiger partial charge on any atom is -0.383 e. The van der Waals surface area contributed by atoms with Gasteiger partial charge in [0.2, 0.25) is 0 Å². The molecule has 1 heterocycles. The Hall–Kier alpha value is -0.290. The number of rotatable bonds is 8. The number of methoxy groups -OCH3 is 1. The van der Waals surface area contributed by atoms with E-state index in [1.165, 1.54) is 24.8 Å². The summed E-state index contributed by atoms with van der Waals surface area (Å²) in [7, 11) is 1.80. The van der Waals surface area contributed by atoms with E-state index in [2.05, 4.69) is 42.7 Å². The second-order valence-corrected chi connectivity index (χ2v) is 7.13. The minimum absolute atomic E-state index is 0.442. The van der Waals surface area contributed by atoms with Crippen LogP contribution in [0.15, 0.2) is 23.3 Å². The van der Waals surface area contributed by atoms with Gasteiger partial charge in [0.05, 0.1) is 12.6 Å². The highest BCUT2D eigenvalue weighted by atomic mass is 32.2. The van der Waals surface area contributed by atoms with E-state index in [9.17, 15) is 0 Å². The molecule has 0 amide bonds. The Morgan fingerprint density at radius 3 is 2.90 bits per heavy atom. The van der Waals surface area contributed by atoms with Crippen LogP contribution >= 0.6 is 11.8 Å². The van der Waals surface area contributed by atoms with Crippen LogP contribution in [-0.4, -0.2) is 48.9 Å². The Bertz CT molecular complexity index is 390. The molecule has 0 saturated carbocycles. The molecule has 21 heavy (non-hydrogen) atoms. The van der Waals surface area contributed by atoms with E-state index < -0.39 is 0 Å². The van der Waals surface area contributed by atoms with E-state index in [0.717, 1.165) is 19.6 Å². The van der Waals surface area contributed by atoms with Crippen LogP contribution in [0.1, 0.15) is 39.5 Å². The van der Waals surface area contributed by atoms with Crippen molar-refractivity contribution in [3.05, 3.63) is 23.3 Å². The van der Waals surface area contributed by atoms with Crippen molar-refractivity contribution in [2.45, 2.75) is 56.9 Å². The van der Waals surface area contributed by atoms with E-state index in [0.29, 0.717) is 17.3 Å². The second kappa shape index (κ2) is 8.37. The highest BCUT2D eigenvalue weighted by Crippen LogP contribution is 2.30. The van der Waals surface area contributed by atoms with E-state index in [1.807, 2.05) is 11.8 Å². The van der Waals surface area contributed by atoms with Crippen molar-refractivity contribution in [1.29, 1.82) is 0 Å². The molecule has 0 aromatic heterocycles. The summed E-state index contributed by atoms with van der Waals surface area (Å²) >= 11 is 1.98. The molecule has 2 rings (SSSR count). The highest BCUT2D eigenvalue weighted by molar-refractivity contribution is 7.99. The zero-order valence-corrected chi connectivity index (χ0v) is 14.7. The van der Waals surface area contributed by atoms with E-state index in [4.69, 9.17) is 4.74 Å². The zero-order chi connectivity index (χ0) is 15.2. The number of nitrogens with one attached hydrogen (secondary N) is 1. The van der Waals surface area contributed by atoms with Crippen molar-refractivity contribution in [2.75, 3.05) is 26.5 Å². The summed E-state index contributed by atoms with van der Waals surface area (Å²) < 4.78 is 5.39. The van der Waals surface area contributed by atoms with Crippen LogP contribution in [0.4, 0.5) is 0 Å². The van der Waals surface area contributed by atoms with Crippen LogP contribution in [-0.2, 0) is 4.74 Å². The summed E-state index contributed by atoms with van der Waals surface area (Å²) in [5, 5.41) is 3.06. The first-order valence-electron chi connectivity index (χ1n) is 8.12. The average Bonchev–Trinajstić information content (AvgIpc) is 3.09. The smallest absolute Gasteiger partial charge is 0.0632 e. The molecule has 0 spiro atoms. The first-order chi connectivity index (χ1) is 10.2.